The van der Waals surface area contributed by atoms with Gasteiger partial charge in [-0.1, -0.05) is 36.4 Å². The first kappa shape index (κ1) is 29.4. The van der Waals surface area contributed by atoms with Gasteiger partial charge in [-0.15, -0.1) is 12.4 Å². The fourth-order valence-corrected chi connectivity index (χ4v) is 11.2. The van der Waals surface area contributed by atoms with E-state index in [0.29, 0.717) is 37.3 Å². The molecule has 1 aliphatic heterocycles. The number of rotatable bonds is 10. The van der Waals surface area contributed by atoms with Crippen molar-refractivity contribution in [3.05, 3.63) is 59.7 Å². The van der Waals surface area contributed by atoms with Gasteiger partial charge in [0.15, 0.2) is 35.3 Å². The van der Waals surface area contributed by atoms with Crippen LogP contribution in [0.5, 0.6) is 11.5 Å². The van der Waals surface area contributed by atoms with E-state index in [4.69, 9.17) is 9.47 Å². The molecule has 0 N–H and O–H groups in total. The molecule has 10 heteroatoms. The second-order valence-corrected chi connectivity index (χ2v) is 14.1. The molecule has 0 radical (unpaired) electrons. The molecule has 2 aromatic carbocycles. The number of benzene rings is 2. The summed E-state index contributed by atoms with van der Waals surface area (Å²) in [7, 11) is -1.40. The third-order valence-corrected chi connectivity index (χ3v) is 13.0. The zero-order chi connectivity index (χ0) is 25.0. The van der Waals surface area contributed by atoms with Crippen molar-refractivity contribution in [3.63, 3.8) is 0 Å². The predicted octanol–water partition coefficient (Wildman–Crippen LogP) is 3.85. The molecule has 2 aromatic rings. The lowest BCUT2D eigenvalue weighted by Crippen LogP contribution is -2.53. The van der Waals surface area contributed by atoms with Gasteiger partial charge in [-0.25, -0.2) is 16.8 Å². The molecule has 2 unspecified atom stereocenters. The molecule has 0 aromatic heterocycles. The summed E-state index contributed by atoms with van der Waals surface area (Å²) in [6.45, 7) is 0.578. The lowest BCUT2D eigenvalue weighted by Gasteiger charge is -2.41. The average Bonchev–Trinajstić information content (AvgIpc) is 2.80. The molecule has 3 rings (SSSR count). The molecule has 0 saturated carbocycles. The highest BCUT2D eigenvalue weighted by Crippen LogP contribution is 2.49. The van der Waals surface area contributed by atoms with E-state index in [1.807, 2.05) is 49.3 Å². The third kappa shape index (κ3) is 5.79. The van der Waals surface area contributed by atoms with Crippen LogP contribution in [0, 0.1) is 0 Å². The minimum atomic E-state index is -4.10. The molecule has 196 valence electrons. The van der Waals surface area contributed by atoms with E-state index in [1.54, 1.807) is 12.1 Å². The van der Waals surface area contributed by atoms with Crippen molar-refractivity contribution in [1.29, 1.82) is 0 Å². The molecule has 1 fully saturated rings. The molecule has 1 saturated heterocycles. The lowest BCUT2D eigenvalue weighted by atomic mass is 10.1. The second kappa shape index (κ2) is 12.0. The maximum absolute atomic E-state index is 14.2. The Morgan fingerprint density at radius 1 is 0.971 bits per heavy atom. The Labute approximate surface area is 216 Å². The van der Waals surface area contributed by atoms with Gasteiger partial charge in [-0.2, -0.15) is 0 Å². The van der Waals surface area contributed by atoms with Crippen molar-refractivity contribution in [2.45, 2.75) is 41.4 Å². The van der Waals surface area contributed by atoms with Gasteiger partial charge in [0.1, 0.15) is 0 Å². The predicted molar refractivity (Wildman–Crippen MR) is 142 cm³/mol. The van der Waals surface area contributed by atoms with Crippen LogP contribution in [0.15, 0.2) is 48.5 Å². The number of ether oxygens (including phenoxy) is 2. The normalized spacial score (nSPS) is 22.8. The highest BCUT2D eigenvalue weighted by atomic mass is 35.5. The monoisotopic (exact) mass is 545 g/mol. The molecule has 0 amide bonds. The van der Waals surface area contributed by atoms with Gasteiger partial charge in [0.2, 0.25) is 0 Å². The first-order valence-corrected chi connectivity index (χ1v) is 14.7. The maximum atomic E-state index is 14.2. The Morgan fingerprint density at radius 3 is 2.23 bits per heavy atom. The van der Waals surface area contributed by atoms with E-state index < -0.39 is 29.0 Å². The van der Waals surface area contributed by atoms with Crippen LogP contribution < -0.4 is 9.47 Å². The number of halogens is 1. The van der Waals surface area contributed by atoms with Gasteiger partial charge in [-0.05, 0) is 76.0 Å². The Bertz CT molecular complexity index is 1190. The summed E-state index contributed by atoms with van der Waals surface area (Å²) in [5.41, 5.74) is 1.27. The van der Waals surface area contributed by atoms with E-state index in [0.717, 1.165) is 5.56 Å². The number of aryl methyl sites for hydroxylation is 1. The van der Waals surface area contributed by atoms with Crippen LogP contribution in [-0.2, 0) is 30.2 Å². The summed E-state index contributed by atoms with van der Waals surface area (Å²) in [6, 6.07) is 14.3. The maximum Gasteiger partial charge on any atom is 0.198 e. The molecule has 0 bridgehead atoms. The van der Waals surface area contributed by atoms with Crippen LogP contribution in [0.25, 0.3) is 0 Å². The van der Waals surface area contributed by atoms with Crippen molar-refractivity contribution < 1.29 is 26.3 Å². The molecule has 0 aliphatic carbocycles. The Hall–Kier alpha value is -1.81. The van der Waals surface area contributed by atoms with Crippen molar-refractivity contribution in [2.75, 3.05) is 40.6 Å². The van der Waals surface area contributed by atoms with Gasteiger partial charge in [-0.3, -0.25) is 0 Å². The number of sulfone groups is 2. The first-order chi connectivity index (χ1) is 16.1. The molecular weight excluding hydrogens is 510 g/mol. The fourth-order valence-electron chi connectivity index (χ4n) is 4.81. The molecule has 1 aliphatic rings. The highest BCUT2D eigenvalue weighted by Gasteiger charge is 2.60. The average molecular weight is 546 g/mol. The number of hydrogen-bond donors (Lipinski definition) is 0. The van der Waals surface area contributed by atoms with Crippen LogP contribution in [0.3, 0.4) is 0 Å². The van der Waals surface area contributed by atoms with Crippen molar-refractivity contribution in [2.24, 2.45) is 0 Å². The summed E-state index contributed by atoms with van der Waals surface area (Å²) < 4.78 is 64.6. The Morgan fingerprint density at radius 2 is 1.63 bits per heavy atom. The van der Waals surface area contributed by atoms with Crippen LogP contribution in [-0.4, -0.2) is 67.6 Å². The number of nitrogens with zero attached hydrogens (tertiary/aromatic N) is 1. The largest absolute Gasteiger partial charge is 0.493 e. The van der Waals surface area contributed by atoms with Crippen molar-refractivity contribution in [1.82, 2.24) is 4.90 Å². The molecule has 7 nitrogen and oxygen atoms in total. The van der Waals surface area contributed by atoms with Gasteiger partial charge in [0.25, 0.3) is 0 Å². The van der Waals surface area contributed by atoms with Crippen molar-refractivity contribution in [3.8, 4) is 11.5 Å². The molecule has 35 heavy (non-hydrogen) atoms. The summed E-state index contributed by atoms with van der Waals surface area (Å²) in [5.74, 6) is 0.562. The SMILES string of the molecule is COc1ccc(C2(CCCN(C)C)S(=O)(=O)CCC(CCc3ccccc3)S2(=O)=O)cc1OC.Cl. The van der Waals surface area contributed by atoms with E-state index in [9.17, 15) is 16.8 Å². The summed E-state index contributed by atoms with van der Waals surface area (Å²) in [6.07, 6.45) is 1.48. The van der Waals surface area contributed by atoms with Gasteiger partial charge < -0.3 is 14.4 Å². The first-order valence-electron chi connectivity index (χ1n) is 11.5. The number of methoxy groups -OCH3 is 2. The topological polar surface area (TPSA) is 90.0 Å². The standard InChI is InChI=1S/C25H35NO6S2.ClH/c1-26(2)17-8-16-25(21-12-14-23(31-3)24(19-21)32-4)33(27,28)18-15-22(34(25,29)30)13-11-20-9-6-5-7-10-20;/h5-7,9-10,12,14,19,22H,8,11,13,15-18H2,1-4H3;1H. The van der Waals surface area contributed by atoms with Gasteiger partial charge >= 0.3 is 0 Å². The van der Waals surface area contributed by atoms with E-state index in [-0.39, 0.29) is 36.6 Å². The van der Waals surface area contributed by atoms with Crippen LogP contribution in [0.4, 0.5) is 0 Å². The summed E-state index contributed by atoms with van der Waals surface area (Å²) >= 11 is 0. The minimum Gasteiger partial charge on any atom is -0.493 e. The van der Waals surface area contributed by atoms with E-state index in [1.165, 1.54) is 20.3 Å². The fraction of sp³-hybridized carbons (Fsp3) is 0.520. The zero-order valence-corrected chi connectivity index (χ0v) is 23.2. The molecule has 1 heterocycles. The van der Waals surface area contributed by atoms with Crippen LogP contribution in [0.2, 0.25) is 0 Å². The molecule has 0 spiro atoms. The van der Waals surface area contributed by atoms with E-state index >= 15 is 0 Å². The highest BCUT2D eigenvalue weighted by molar-refractivity contribution is 8.10. The third-order valence-electron chi connectivity index (χ3n) is 6.64. The Kier molecular flexibility index (Phi) is 10.0. The number of hydrogen-bond acceptors (Lipinski definition) is 7. The van der Waals surface area contributed by atoms with Gasteiger partial charge in [0.05, 0.1) is 25.2 Å². The zero-order valence-electron chi connectivity index (χ0n) is 20.8. The Balaban J connectivity index is 0.00000432. The summed E-state index contributed by atoms with van der Waals surface area (Å²) in [4.78, 5) is 1.93. The lowest BCUT2D eigenvalue weighted by molar-refractivity contribution is 0.353. The van der Waals surface area contributed by atoms with Crippen LogP contribution >= 0.6 is 12.4 Å². The molecular formula is C25H36ClNO6S2. The van der Waals surface area contributed by atoms with E-state index in [2.05, 4.69) is 0 Å². The van der Waals surface area contributed by atoms with Gasteiger partial charge in [0, 0.05) is 0 Å². The summed E-state index contributed by atoms with van der Waals surface area (Å²) in [5, 5.41) is -0.747. The quantitative estimate of drug-likeness (QED) is 0.448. The minimum absolute atomic E-state index is 0. The molecule has 2 atom stereocenters. The second-order valence-electron chi connectivity index (χ2n) is 9.03. The van der Waals surface area contributed by atoms with Crippen molar-refractivity contribution >= 4 is 32.1 Å². The smallest absolute Gasteiger partial charge is 0.198 e. The van der Waals surface area contributed by atoms with Crippen LogP contribution in [0.1, 0.15) is 36.8 Å².